The number of hydrogen-bond acceptors (Lipinski definition) is 18. The number of aliphatic carboxylic acids is 2. The number of nitrogens with zero attached hydrogens (tertiary/aromatic N) is 5. The number of aryl methyl sites for hydroxylation is 2. The molecule has 0 aliphatic carbocycles. The van der Waals surface area contributed by atoms with Gasteiger partial charge < -0.3 is 93.8 Å². The molecule has 2 aliphatic rings. The molecule has 10 atom stereocenters. The number of nitrogens with one attached hydrogen (secondary N) is 4. The molecule has 29 heteroatoms. The number of nitrogens with two attached hydrogens (primary N) is 4. The molecule has 0 radical (unpaired) electrons. The van der Waals surface area contributed by atoms with Gasteiger partial charge in [-0.15, -0.1) is 5.10 Å². The Labute approximate surface area is 363 Å². The molecule has 0 bridgehead atoms. The summed E-state index contributed by atoms with van der Waals surface area (Å²) in [5.74, 6) is -6.58. The number of carbonyl (C=O) groups is 6. The van der Waals surface area contributed by atoms with Crippen LogP contribution in [0, 0.1) is 0 Å². The van der Waals surface area contributed by atoms with E-state index in [0.717, 1.165) is 26.0 Å². The van der Waals surface area contributed by atoms with Crippen LogP contribution < -0.4 is 44.2 Å². The van der Waals surface area contributed by atoms with Gasteiger partial charge in [-0.1, -0.05) is 5.21 Å². The van der Waals surface area contributed by atoms with Gasteiger partial charge in [0.1, 0.15) is 12.2 Å². The van der Waals surface area contributed by atoms with Crippen molar-refractivity contribution in [2.45, 2.75) is 107 Å². The molecule has 18 N–H and O–H groups in total. The number of carbonyl (C=O) groups excluding carboxylic acids is 4. The van der Waals surface area contributed by atoms with Gasteiger partial charge in [0.25, 0.3) is 0 Å². The van der Waals surface area contributed by atoms with E-state index < -0.39 is 133 Å². The predicted molar refractivity (Wildman–Crippen MR) is 216 cm³/mol. The molecule has 1 aromatic rings. The van der Waals surface area contributed by atoms with Crippen molar-refractivity contribution in [1.82, 2.24) is 36.3 Å². The van der Waals surface area contributed by atoms with E-state index >= 15 is 0 Å². The zero-order valence-electron chi connectivity index (χ0n) is 34.7. The number of aliphatic hydroxyl groups excluding tert-OH is 4. The van der Waals surface area contributed by atoms with Crippen molar-refractivity contribution in [1.29, 1.82) is 0 Å². The van der Waals surface area contributed by atoms with Gasteiger partial charge in [-0.25, -0.2) is 29.2 Å². The van der Waals surface area contributed by atoms with E-state index in [1.165, 1.54) is 4.68 Å². The van der Waals surface area contributed by atoms with Gasteiger partial charge in [-0.3, -0.25) is 14.3 Å². The molecule has 0 saturated heterocycles. The number of guanidine groups is 2. The largest absolute Gasteiger partial charge is 0.477 e. The van der Waals surface area contributed by atoms with E-state index in [9.17, 15) is 59.4 Å². The molecule has 3 heterocycles. The fourth-order valence-electron chi connectivity index (χ4n) is 6.48. The number of carboxylic acid groups (broad SMARTS) is 2. The first kappa shape index (κ1) is 51.4. The predicted octanol–water partition coefficient (Wildman–Crippen LogP) is -6.09. The van der Waals surface area contributed by atoms with Gasteiger partial charge in [0, 0.05) is 39.7 Å². The maximum absolute atomic E-state index is 12.8. The highest BCUT2D eigenvalue weighted by Crippen LogP contribution is 2.28. The number of carboxylic acids is 2. The first-order chi connectivity index (χ1) is 30.2. The second-order valence-electron chi connectivity index (χ2n) is 14.3. The molecule has 4 amide bonds. The first-order valence-corrected chi connectivity index (χ1v) is 19.6. The van der Waals surface area contributed by atoms with E-state index in [4.69, 9.17) is 41.9 Å². The van der Waals surface area contributed by atoms with Gasteiger partial charge in [0.2, 0.25) is 23.3 Å². The maximum atomic E-state index is 12.8. The topological polar surface area (TPSA) is 468 Å². The van der Waals surface area contributed by atoms with Crippen LogP contribution in [0.5, 0.6) is 0 Å². The summed E-state index contributed by atoms with van der Waals surface area (Å²) in [5.41, 5.74) is 22.6. The lowest BCUT2D eigenvalue weighted by Gasteiger charge is -2.39. The molecule has 1 aromatic heterocycles. The van der Waals surface area contributed by atoms with E-state index in [-0.39, 0.29) is 19.6 Å². The second kappa shape index (κ2) is 24.6. The first-order valence-electron chi connectivity index (χ1n) is 19.6. The Morgan fingerprint density at radius 3 is 1.58 bits per heavy atom. The standard InChI is InChI=1S/C35H55N13O16/c1-15(51)42-24-18(44-32(36)37)10-22(30(55)56)61-28(24)26(20(53)13-49)63-34(59)40-7-4-3-6-17-12-48(47-46-17)9-5-8-41-35(60)64-27(21(54)14-50)29-25(43-16(2)52)19(45-33(38)39)11-23(62-29)31(57)58/h10-12,18-21,24-29,49-50,53-54H,3-9,13-14H2,1-2H3,(H,40,59)(H,41,60)(H,42,51)(H,43,52)(H,55,56)(H,57,58)(H4,36,37,44)(H4,38,39,45)/t18-,19-,20+,21+,24+,25+,26+,27+,28+,29+/m0/s1. The minimum Gasteiger partial charge on any atom is -0.477 e. The van der Waals surface area contributed by atoms with Crippen molar-refractivity contribution in [2.24, 2.45) is 32.9 Å². The quantitative estimate of drug-likeness (QED) is 0.0276. The average Bonchev–Trinajstić information content (AvgIpc) is 3.67. The van der Waals surface area contributed by atoms with Crippen LogP contribution in [-0.2, 0) is 51.1 Å². The summed E-state index contributed by atoms with van der Waals surface area (Å²) in [6.07, 6.45) is -6.99. The third-order valence-corrected chi connectivity index (χ3v) is 9.19. The van der Waals surface area contributed by atoms with E-state index in [1.54, 1.807) is 6.20 Å². The summed E-state index contributed by atoms with van der Waals surface area (Å²) in [6.45, 7) is 0.760. The molecule has 29 nitrogen and oxygen atoms in total. The highest BCUT2D eigenvalue weighted by molar-refractivity contribution is 5.86. The average molecular weight is 914 g/mol. The van der Waals surface area contributed by atoms with Crippen LogP contribution in [0.15, 0.2) is 39.9 Å². The monoisotopic (exact) mass is 913 g/mol. The Balaban J connectivity index is 1.51. The van der Waals surface area contributed by atoms with Crippen molar-refractivity contribution < 1.29 is 78.4 Å². The fraction of sp³-hybridized carbons (Fsp3) is 0.600. The maximum Gasteiger partial charge on any atom is 0.407 e. The number of aliphatic imine (C=N–C) groups is 2. The molecule has 0 spiro atoms. The number of rotatable bonds is 23. The van der Waals surface area contributed by atoms with Crippen LogP contribution in [-0.4, -0.2) is 181 Å². The Morgan fingerprint density at radius 1 is 0.750 bits per heavy atom. The van der Waals surface area contributed by atoms with Gasteiger partial charge in [0.15, 0.2) is 36.3 Å². The van der Waals surface area contributed by atoms with Gasteiger partial charge in [-0.05, 0) is 37.8 Å². The number of unbranched alkanes of at least 4 members (excludes halogenated alkanes) is 1. The minimum atomic E-state index is -1.80. The second-order valence-corrected chi connectivity index (χ2v) is 14.3. The summed E-state index contributed by atoms with van der Waals surface area (Å²) < 4.78 is 23.2. The Hall–Kier alpha value is -6.98. The molecule has 3 rings (SSSR count). The molecule has 64 heavy (non-hydrogen) atoms. The molecular formula is C35H55N13O16. The minimum absolute atomic E-state index is 0.0144. The van der Waals surface area contributed by atoms with Crippen LogP contribution in [0.3, 0.4) is 0 Å². The molecule has 0 fully saturated rings. The van der Waals surface area contributed by atoms with Gasteiger partial charge in [-0.2, -0.15) is 0 Å². The number of amides is 4. The van der Waals surface area contributed by atoms with Gasteiger partial charge >= 0.3 is 24.1 Å². The highest BCUT2D eigenvalue weighted by atomic mass is 16.6. The smallest absolute Gasteiger partial charge is 0.407 e. The molecule has 0 aromatic carbocycles. The van der Waals surface area contributed by atoms with Crippen molar-refractivity contribution in [3.05, 3.63) is 35.6 Å². The molecule has 356 valence electrons. The number of hydrogen-bond donors (Lipinski definition) is 14. The SMILES string of the molecule is CC(=O)N[C@H]1[C@H]([C@H](OC(=O)NCCCCc2cn(CCCNC(=O)O[C@@H]([C@@H]3OC(C(=O)O)=C[C@H](N=C(N)N)[C@H]3NC(C)=O)[C@H](O)CO)nn2)[C@H](O)CO)OC(C(=O)O)=C[C@@H]1N=C(N)N. The summed E-state index contributed by atoms with van der Waals surface area (Å²) in [6, 6.07) is -4.94. The van der Waals surface area contributed by atoms with Crippen LogP contribution in [0.4, 0.5) is 9.59 Å². The van der Waals surface area contributed by atoms with Crippen LogP contribution in [0.2, 0.25) is 0 Å². The Kier molecular flexibility index (Phi) is 19.7. The summed E-state index contributed by atoms with van der Waals surface area (Å²) in [5, 5.41) is 77.9. The molecule has 0 unspecified atom stereocenters. The fourth-order valence-corrected chi connectivity index (χ4v) is 6.48. The van der Waals surface area contributed by atoms with Crippen LogP contribution in [0.25, 0.3) is 0 Å². The third kappa shape index (κ3) is 15.7. The molecule has 2 aliphatic heterocycles. The van der Waals surface area contributed by atoms with E-state index in [0.29, 0.717) is 31.4 Å². The lowest BCUT2D eigenvalue weighted by Crippen LogP contribution is -2.61. The van der Waals surface area contributed by atoms with Crippen LogP contribution >= 0.6 is 0 Å². The Morgan fingerprint density at radius 2 is 1.19 bits per heavy atom. The number of alkyl carbamates (subject to hydrolysis) is 2. The summed E-state index contributed by atoms with van der Waals surface area (Å²) >= 11 is 0. The number of aliphatic hydroxyl groups is 4. The van der Waals surface area contributed by atoms with Gasteiger partial charge in [0.05, 0.1) is 43.1 Å². The number of ether oxygens (including phenoxy) is 4. The number of aromatic nitrogens is 3. The lowest BCUT2D eigenvalue weighted by atomic mass is 9.92. The van der Waals surface area contributed by atoms with E-state index in [2.05, 4.69) is 41.6 Å². The van der Waals surface area contributed by atoms with Crippen molar-refractivity contribution in [3.63, 3.8) is 0 Å². The zero-order chi connectivity index (χ0) is 47.7. The Bertz CT molecular complexity index is 1920. The van der Waals surface area contributed by atoms with Crippen molar-refractivity contribution in [2.75, 3.05) is 26.3 Å². The zero-order valence-corrected chi connectivity index (χ0v) is 34.7. The molecular weight excluding hydrogens is 858 g/mol. The van der Waals surface area contributed by atoms with Crippen molar-refractivity contribution >= 4 is 47.9 Å². The highest BCUT2D eigenvalue weighted by Gasteiger charge is 2.48. The van der Waals surface area contributed by atoms with E-state index in [1.807, 2.05) is 0 Å². The summed E-state index contributed by atoms with van der Waals surface area (Å²) in [4.78, 5) is 81.2. The lowest BCUT2D eigenvalue weighted by molar-refractivity contribution is -0.147. The van der Waals surface area contributed by atoms with Crippen molar-refractivity contribution in [3.8, 4) is 0 Å². The van der Waals surface area contributed by atoms with Crippen LogP contribution in [0.1, 0.15) is 38.8 Å². The summed E-state index contributed by atoms with van der Waals surface area (Å²) in [7, 11) is 0. The third-order valence-electron chi connectivity index (χ3n) is 9.19. The molecule has 0 saturated carbocycles. The normalized spacial score (nSPS) is 22.2.